The van der Waals surface area contributed by atoms with Crippen LogP contribution in [0.4, 0.5) is 0 Å². The van der Waals surface area contributed by atoms with Crippen molar-refractivity contribution >= 4 is 5.91 Å². The molecule has 0 aliphatic carbocycles. The number of rotatable bonds is 3. The molecule has 74 valence electrons. The van der Waals surface area contributed by atoms with Gasteiger partial charge in [0.1, 0.15) is 0 Å². The van der Waals surface area contributed by atoms with Crippen molar-refractivity contribution in [3.63, 3.8) is 0 Å². The van der Waals surface area contributed by atoms with Gasteiger partial charge in [0.15, 0.2) is 0 Å². The van der Waals surface area contributed by atoms with Gasteiger partial charge in [0, 0.05) is 12.6 Å². The Hall–Kier alpha value is -0.830. The number of hydrogen-bond donors (Lipinski definition) is 2. The quantitative estimate of drug-likeness (QED) is 0.634. The predicted molar refractivity (Wildman–Crippen MR) is 53.5 cm³/mol. The highest BCUT2D eigenvalue weighted by molar-refractivity contribution is 5.87. The fourth-order valence-corrected chi connectivity index (χ4v) is 1.45. The molecular formula is C10H18N2O. The molecule has 0 radical (unpaired) electrons. The highest BCUT2D eigenvalue weighted by Crippen LogP contribution is 2.00. The van der Waals surface area contributed by atoms with E-state index < -0.39 is 0 Å². The van der Waals surface area contributed by atoms with Crippen LogP contribution in [0.5, 0.6) is 0 Å². The van der Waals surface area contributed by atoms with Gasteiger partial charge in [-0.15, -0.1) is 0 Å². The van der Waals surface area contributed by atoms with Gasteiger partial charge in [-0.3, -0.25) is 4.79 Å². The Morgan fingerprint density at radius 2 is 2.54 bits per heavy atom. The molecule has 13 heavy (non-hydrogen) atoms. The van der Waals surface area contributed by atoms with Crippen molar-refractivity contribution in [2.24, 2.45) is 0 Å². The van der Waals surface area contributed by atoms with Gasteiger partial charge in [0.05, 0.1) is 0 Å². The van der Waals surface area contributed by atoms with Crippen LogP contribution in [-0.4, -0.2) is 25.0 Å². The topological polar surface area (TPSA) is 41.1 Å². The number of allylic oxidation sites excluding steroid dienone is 1. The number of piperidine rings is 1. The third-order valence-electron chi connectivity index (χ3n) is 2.15. The van der Waals surface area contributed by atoms with E-state index in [4.69, 9.17) is 0 Å². The van der Waals surface area contributed by atoms with Crippen molar-refractivity contribution in [2.45, 2.75) is 32.2 Å². The standard InChI is InChI=1S/C10H18N2O/c1-2-3-6-10(13)12-9-5-4-7-11-8-9/h3,6,9,11H,2,4-5,7-8H2,1H3,(H,12,13)/b6-3+. The average molecular weight is 182 g/mol. The van der Waals surface area contributed by atoms with Gasteiger partial charge < -0.3 is 10.6 Å². The lowest BCUT2D eigenvalue weighted by Gasteiger charge is -2.23. The summed E-state index contributed by atoms with van der Waals surface area (Å²) < 4.78 is 0. The van der Waals surface area contributed by atoms with Crippen LogP contribution in [0.3, 0.4) is 0 Å². The molecule has 1 unspecified atom stereocenters. The van der Waals surface area contributed by atoms with Gasteiger partial charge in [-0.1, -0.05) is 13.0 Å². The van der Waals surface area contributed by atoms with E-state index in [-0.39, 0.29) is 5.91 Å². The molecule has 0 saturated carbocycles. The van der Waals surface area contributed by atoms with E-state index in [1.54, 1.807) is 6.08 Å². The van der Waals surface area contributed by atoms with Crippen molar-refractivity contribution in [1.29, 1.82) is 0 Å². The van der Waals surface area contributed by atoms with Crippen LogP contribution in [0.15, 0.2) is 12.2 Å². The van der Waals surface area contributed by atoms with Crippen LogP contribution >= 0.6 is 0 Å². The van der Waals surface area contributed by atoms with Gasteiger partial charge in [0.25, 0.3) is 0 Å². The minimum absolute atomic E-state index is 0.0375. The summed E-state index contributed by atoms with van der Waals surface area (Å²) in [4.78, 5) is 11.2. The second-order valence-electron chi connectivity index (χ2n) is 3.36. The monoisotopic (exact) mass is 182 g/mol. The smallest absolute Gasteiger partial charge is 0.243 e. The maximum atomic E-state index is 11.2. The molecule has 1 aliphatic heterocycles. The van der Waals surface area contributed by atoms with Crippen molar-refractivity contribution in [2.75, 3.05) is 13.1 Å². The normalized spacial score (nSPS) is 23.3. The zero-order valence-electron chi connectivity index (χ0n) is 8.18. The summed E-state index contributed by atoms with van der Waals surface area (Å²) in [6, 6.07) is 0.322. The van der Waals surface area contributed by atoms with Crippen LogP contribution in [-0.2, 0) is 4.79 Å². The fourth-order valence-electron chi connectivity index (χ4n) is 1.45. The summed E-state index contributed by atoms with van der Waals surface area (Å²) in [7, 11) is 0. The summed E-state index contributed by atoms with van der Waals surface area (Å²) in [5.41, 5.74) is 0. The molecule has 3 nitrogen and oxygen atoms in total. The molecule has 3 heteroatoms. The molecule has 0 aromatic heterocycles. The Labute approximate surface area is 79.6 Å². The minimum atomic E-state index is 0.0375. The molecule has 1 rings (SSSR count). The lowest BCUT2D eigenvalue weighted by molar-refractivity contribution is -0.117. The second kappa shape index (κ2) is 5.75. The van der Waals surface area contributed by atoms with Crippen LogP contribution in [0.1, 0.15) is 26.2 Å². The number of carbonyl (C=O) groups excluding carboxylic acids is 1. The summed E-state index contributed by atoms with van der Waals surface area (Å²) in [6.07, 6.45) is 6.66. The number of carbonyl (C=O) groups is 1. The molecule has 0 aromatic rings. The molecular weight excluding hydrogens is 164 g/mol. The zero-order chi connectivity index (χ0) is 9.52. The summed E-state index contributed by atoms with van der Waals surface area (Å²) in [5, 5.41) is 6.22. The number of hydrogen-bond acceptors (Lipinski definition) is 2. The van der Waals surface area contributed by atoms with Crippen LogP contribution in [0.2, 0.25) is 0 Å². The van der Waals surface area contributed by atoms with E-state index in [1.807, 2.05) is 13.0 Å². The summed E-state index contributed by atoms with van der Waals surface area (Å²) in [5.74, 6) is 0.0375. The lowest BCUT2D eigenvalue weighted by atomic mass is 10.1. The third-order valence-corrected chi connectivity index (χ3v) is 2.15. The first-order chi connectivity index (χ1) is 6.33. The molecule has 0 bridgehead atoms. The van der Waals surface area contributed by atoms with Gasteiger partial charge >= 0.3 is 0 Å². The Bertz CT molecular complexity index is 183. The van der Waals surface area contributed by atoms with Crippen molar-refractivity contribution in [3.8, 4) is 0 Å². The Balaban J connectivity index is 2.22. The van der Waals surface area contributed by atoms with E-state index in [1.165, 1.54) is 0 Å². The summed E-state index contributed by atoms with van der Waals surface area (Å²) in [6.45, 7) is 4.01. The Morgan fingerprint density at radius 3 is 3.15 bits per heavy atom. The van der Waals surface area contributed by atoms with Crippen LogP contribution in [0.25, 0.3) is 0 Å². The average Bonchev–Trinajstić information content (AvgIpc) is 2.16. The van der Waals surface area contributed by atoms with E-state index in [9.17, 15) is 4.79 Å². The molecule has 1 heterocycles. The SMILES string of the molecule is CC/C=C/C(=O)NC1CCCNC1. The Morgan fingerprint density at radius 1 is 1.69 bits per heavy atom. The van der Waals surface area contributed by atoms with Gasteiger partial charge in [-0.2, -0.15) is 0 Å². The molecule has 1 saturated heterocycles. The predicted octanol–water partition coefficient (Wildman–Crippen LogP) is 0.821. The lowest BCUT2D eigenvalue weighted by Crippen LogP contribution is -2.45. The van der Waals surface area contributed by atoms with E-state index in [2.05, 4.69) is 10.6 Å². The second-order valence-corrected chi connectivity index (χ2v) is 3.36. The van der Waals surface area contributed by atoms with Crippen molar-refractivity contribution in [3.05, 3.63) is 12.2 Å². The molecule has 1 atom stereocenters. The molecule has 0 aromatic carbocycles. The minimum Gasteiger partial charge on any atom is -0.349 e. The van der Waals surface area contributed by atoms with Gasteiger partial charge in [-0.25, -0.2) is 0 Å². The highest BCUT2D eigenvalue weighted by atomic mass is 16.1. The molecule has 1 fully saturated rings. The maximum absolute atomic E-state index is 11.2. The fraction of sp³-hybridized carbons (Fsp3) is 0.700. The maximum Gasteiger partial charge on any atom is 0.243 e. The molecule has 0 spiro atoms. The van der Waals surface area contributed by atoms with Gasteiger partial charge in [-0.05, 0) is 31.9 Å². The van der Waals surface area contributed by atoms with Gasteiger partial charge in [0.2, 0.25) is 5.91 Å². The van der Waals surface area contributed by atoms with Crippen LogP contribution in [0, 0.1) is 0 Å². The Kier molecular flexibility index (Phi) is 4.54. The van der Waals surface area contributed by atoms with Crippen molar-refractivity contribution < 1.29 is 4.79 Å². The molecule has 2 N–H and O–H groups in total. The van der Waals surface area contributed by atoms with Crippen molar-refractivity contribution in [1.82, 2.24) is 10.6 Å². The zero-order valence-corrected chi connectivity index (χ0v) is 8.18. The highest BCUT2D eigenvalue weighted by Gasteiger charge is 2.13. The first-order valence-corrected chi connectivity index (χ1v) is 5.00. The number of nitrogens with one attached hydrogen (secondary N) is 2. The molecule has 1 amide bonds. The first-order valence-electron chi connectivity index (χ1n) is 5.00. The first kappa shape index (κ1) is 10.3. The van der Waals surface area contributed by atoms with E-state index in [0.717, 1.165) is 32.4 Å². The number of amides is 1. The molecule has 1 aliphatic rings. The largest absolute Gasteiger partial charge is 0.349 e. The third kappa shape index (κ3) is 4.08. The summed E-state index contributed by atoms with van der Waals surface area (Å²) >= 11 is 0. The van der Waals surface area contributed by atoms with E-state index in [0.29, 0.717) is 6.04 Å². The van der Waals surface area contributed by atoms with E-state index >= 15 is 0 Å². The van der Waals surface area contributed by atoms with Crippen LogP contribution < -0.4 is 10.6 Å².